The van der Waals surface area contributed by atoms with Crippen molar-refractivity contribution < 1.29 is 23.8 Å². The minimum absolute atomic E-state index is 0.177. The van der Waals surface area contributed by atoms with Crippen molar-refractivity contribution in [3.8, 4) is 17.6 Å². The molecule has 0 saturated carbocycles. The predicted octanol–water partition coefficient (Wildman–Crippen LogP) is 5.33. The van der Waals surface area contributed by atoms with E-state index in [-0.39, 0.29) is 24.8 Å². The SMILES string of the molecule is CCOC(=O)C1=C(C)NC(=S)N[C@@H]1c1ccccc1OCC(=O)NN=Cc1cc(Cl)cc(Cl)c1OCc1ccc(C#N)cc1. The molecule has 1 heterocycles. The first-order chi connectivity index (χ1) is 21.2. The number of halogens is 2. The zero-order valence-corrected chi connectivity index (χ0v) is 26.0. The summed E-state index contributed by atoms with van der Waals surface area (Å²) in [6, 6.07) is 18.5. The highest BCUT2D eigenvalue weighted by atomic mass is 35.5. The van der Waals surface area contributed by atoms with Crippen LogP contribution in [0.15, 0.2) is 77.0 Å². The molecule has 1 aliphatic rings. The summed E-state index contributed by atoms with van der Waals surface area (Å²) in [6.07, 6.45) is 1.36. The number of hydrogen-bond acceptors (Lipinski definition) is 8. The normalized spacial score (nSPS) is 14.3. The molecule has 44 heavy (non-hydrogen) atoms. The number of nitrogens with zero attached hydrogens (tertiary/aromatic N) is 2. The molecule has 0 bridgehead atoms. The summed E-state index contributed by atoms with van der Waals surface area (Å²) in [4.78, 5) is 25.4. The number of carbonyl (C=O) groups is 2. The van der Waals surface area contributed by atoms with E-state index < -0.39 is 17.9 Å². The van der Waals surface area contributed by atoms with Crippen molar-refractivity contribution in [1.29, 1.82) is 5.26 Å². The number of carbonyl (C=O) groups excluding carboxylic acids is 2. The van der Waals surface area contributed by atoms with Crippen LogP contribution < -0.4 is 25.5 Å². The maximum atomic E-state index is 12.8. The van der Waals surface area contributed by atoms with Crippen molar-refractivity contribution in [1.82, 2.24) is 16.1 Å². The summed E-state index contributed by atoms with van der Waals surface area (Å²) in [5.74, 6) is -0.364. The maximum Gasteiger partial charge on any atom is 0.338 e. The summed E-state index contributed by atoms with van der Waals surface area (Å²) >= 11 is 17.9. The summed E-state index contributed by atoms with van der Waals surface area (Å²) in [5.41, 5.74) is 5.71. The average Bonchev–Trinajstić information content (AvgIpc) is 2.99. The number of nitrogens with one attached hydrogen (secondary N) is 3. The standard InChI is InChI=1S/C31H27Cl2N5O5S/c1-3-41-30(40)27-18(2)36-31(44)37-28(27)23-6-4-5-7-25(23)42-17-26(39)38-35-15-21-12-22(32)13-24(33)29(21)43-16-20-10-8-19(14-34)9-11-20/h4-13,15,28H,3,16-17H2,1-2H3,(H,38,39)(H2,36,37,44)/t28-/m1/s1. The van der Waals surface area contributed by atoms with E-state index >= 15 is 0 Å². The van der Waals surface area contributed by atoms with Gasteiger partial charge in [-0.25, -0.2) is 10.2 Å². The molecule has 3 aromatic rings. The Morgan fingerprint density at radius 3 is 2.61 bits per heavy atom. The minimum Gasteiger partial charge on any atom is -0.487 e. The van der Waals surface area contributed by atoms with Crippen LogP contribution in [0.1, 0.15) is 42.1 Å². The lowest BCUT2D eigenvalue weighted by Gasteiger charge is -2.30. The molecule has 3 N–H and O–H groups in total. The van der Waals surface area contributed by atoms with Crippen molar-refractivity contribution >= 4 is 58.6 Å². The number of hydrazone groups is 1. The smallest absolute Gasteiger partial charge is 0.338 e. The van der Waals surface area contributed by atoms with Crippen LogP contribution in [0, 0.1) is 11.3 Å². The minimum atomic E-state index is -0.657. The van der Waals surface area contributed by atoms with Gasteiger partial charge in [-0.2, -0.15) is 10.4 Å². The zero-order chi connectivity index (χ0) is 31.6. The fourth-order valence-corrected chi connectivity index (χ4v) is 5.10. The third-order valence-electron chi connectivity index (χ3n) is 6.25. The van der Waals surface area contributed by atoms with Crippen molar-refractivity contribution in [3.63, 3.8) is 0 Å². The Balaban J connectivity index is 1.43. The Morgan fingerprint density at radius 2 is 1.89 bits per heavy atom. The highest BCUT2D eigenvalue weighted by Gasteiger charge is 2.32. The number of para-hydroxylation sites is 1. The van der Waals surface area contributed by atoms with Crippen LogP contribution in [-0.2, 0) is 20.9 Å². The van der Waals surface area contributed by atoms with Crippen molar-refractivity contribution in [2.45, 2.75) is 26.5 Å². The van der Waals surface area contributed by atoms with Gasteiger partial charge in [0.1, 0.15) is 18.1 Å². The van der Waals surface area contributed by atoms with Crippen LogP contribution in [0.4, 0.5) is 0 Å². The Bertz CT molecular complexity index is 1670. The van der Waals surface area contributed by atoms with Crippen LogP contribution in [0.3, 0.4) is 0 Å². The van der Waals surface area contributed by atoms with Crippen LogP contribution >= 0.6 is 35.4 Å². The molecule has 4 rings (SSSR count). The molecule has 0 aromatic heterocycles. The number of hydrogen-bond donors (Lipinski definition) is 3. The fraction of sp³-hybridized carbons (Fsp3) is 0.194. The number of rotatable bonds is 11. The number of amides is 1. The molecule has 0 unspecified atom stereocenters. The number of esters is 1. The van der Waals surface area contributed by atoms with Crippen LogP contribution in [0.5, 0.6) is 11.5 Å². The molecule has 0 saturated heterocycles. The second kappa shape index (κ2) is 15.2. The summed E-state index contributed by atoms with van der Waals surface area (Å²) < 4.78 is 17.0. The lowest BCUT2D eigenvalue weighted by Crippen LogP contribution is -2.45. The highest BCUT2D eigenvalue weighted by Crippen LogP contribution is 2.34. The van der Waals surface area contributed by atoms with Crippen LogP contribution in [-0.4, -0.2) is 36.4 Å². The molecular weight excluding hydrogens is 625 g/mol. The molecule has 0 aliphatic carbocycles. The van der Waals surface area contributed by atoms with Gasteiger partial charge in [0.25, 0.3) is 5.91 Å². The van der Waals surface area contributed by atoms with Gasteiger partial charge in [0, 0.05) is 21.8 Å². The van der Waals surface area contributed by atoms with E-state index in [2.05, 4.69) is 27.2 Å². The van der Waals surface area contributed by atoms with E-state index in [9.17, 15) is 9.59 Å². The predicted molar refractivity (Wildman–Crippen MR) is 171 cm³/mol. The molecule has 10 nitrogen and oxygen atoms in total. The molecule has 1 amide bonds. The number of allylic oxidation sites excluding steroid dienone is 1. The van der Waals surface area contributed by atoms with E-state index in [4.69, 9.17) is 54.9 Å². The number of nitriles is 1. The van der Waals surface area contributed by atoms with Crippen LogP contribution in [0.25, 0.3) is 0 Å². The Labute approximate surface area is 269 Å². The summed E-state index contributed by atoms with van der Waals surface area (Å²) in [7, 11) is 0. The first-order valence-corrected chi connectivity index (χ1v) is 14.5. The second-order valence-electron chi connectivity index (χ2n) is 9.31. The largest absolute Gasteiger partial charge is 0.487 e. The summed E-state index contributed by atoms with van der Waals surface area (Å²) in [6.45, 7) is 3.47. The van der Waals surface area contributed by atoms with Gasteiger partial charge < -0.3 is 24.8 Å². The molecular formula is C31H27Cl2N5O5S. The monoisotopic (exact) mass is 651 g/mol. The van der Waals surface area contributed by atoms with Crippen molar-refractivity contribution in [2.75, 3.05) is 13.2 Å². The number of benzene rings is 3. The zero-order valence-electron chi connectivity index (χ0n) is 23.6. The molecule has 226 valence electrons. The number of thiocarbonyl (C=S) groups is 1. The van der Waals surface area contributed by atoms with Gasteiger partial charge in [0.05, 0.1) is 41.1 Å². The van der Waals surface area contributed by atoms with Gasteiger partial charge in [0.15, 0.2) is 11.7 Å². The molecule has 1 atom stereocenters. The summed E-state index contributed by atoms with van der Waals surface area (Å²) in [5, 5.41) is 20.0. The molecule has 0 spiro atoms. The third kappa shape index (κ3) is 8.26. The lowest BCUT2D eigenvalue weighted by atomic mass is 9.95. The van der Waals surface area contributed by atoms with Gasteiger partial charge >= 0.3 is 5.97 Å². The van der Waals surface area contributed by atoms with E-state index in [1.807, 2.05) is 0 Å². The number of ether oxygens (including phenoxy) is 3. The molecule has 0 fully saturated rings. The molecule has 0 radical (unpaired) electrons. The Kier molecular flexibility index (Phi) is 11.2. The van der Waals surface area contributed by atoms with E-state index in [1.165, 1.54) is 12.3 Å². The van der Waals surface area contributed by atoms with E-state index in [1.54, 1.807) is 68.4 Å². The lowest BCUT2D eigenvalue weighted by molar-refractivity contribution is -0.139. The molecule has 3 aromatic carbocycles. The van der Waals surface area contributed by atoms with Gasteiger partial charge in [-0.3, -0.25) is 4.79 Å². The van der Waals surface area contributed by atoms with Crippen molar-refractivity contribution in [3.05, 3.63) is 104 Å². The quantitative estimate of drug-likeness (QED) is 0.109. The van der Waals surface area contributed by atoms with Crippen molar-refractivity contribution in [2.24, 2.45) is 5.10 Å². The second-order valence-corrected chi connectivity index (χ2v) is 10.6. The molecule has 1 aliphatic heterocycles. The fourth-order valence-electron chi connectivity index (χ4n) is 4.27. The first-order valence-electron chi connectivity index (χ1n) is 13.3. The highest BCUT2D eigenvalue weighted by molar-refractivity contribution is 7.80. The first kappa shape index (κ1) is 32.3. The Hall–Kier alpha value is -4.63. The van der Waals surface area contributed by atoms with Crippen LogP contribution in [0.2, 0.25) is 10.0 Å². The third-order valence-corrected chi connectivity index (χ3v) is 6.97. The van der Waals surface area contributed by atoms with Gasteiger partial charge in [0.2, 0.25) is 0 Å². The maximum absolute atomic E-state index is 12.8. The van der Waals surface area contributed by atoms with Gasteiger partial charge in [-0.15, -0.1) is 0 Å². The van der Waals surface area contributed by atoms with E-state index in [0.717, 1.165) is 5.56 Å². The van der Waals surface area contributed by atoms with Gasteiger partial charge in [-0.05, 0) is 62.0 Å². The topological polar surface area (TPSA) is 134 Å². The average molecular weight is 653 g/mol. The van der Waals surface area contributed by atoms with Gasteiger partial charge in [-0.1, -0.05) is 53.5 Å². The Morgan fingerprint density at radius 1 is 1.14 bits per heavy atom. The molecule has 13 heteroatoms. The van der Waals surface area contributed by atoms with E-state index in [0.29, 0.717) is 49.6 Å².